The van der Waals surface area contributed by atoms with Gasteiger partial charge in [0.05, 0.1) is 6.10 Å². The molecule has 0 radical (unpaired) electrons. The lowest BCUT2D eigenvalue weighted by molar-refractivity contribution is 0.177. The van der Waals surface area contributed by atoms with Crippen LogP contribution in [-0.4, -0.2) is 5.11 Å². The molecule has 1 unspecified atom stereocenters. The zero-order valence-corrected chi connectivity index (χ0v) is 12.7. The van der Waals surface area contributed by atoms with Crippen molar-refractivity contribution in [3.05, 3.63) is 68.4 Å². The van der Waals surface area contributed by atoms with E-state index in [0.717, 1.165) is 15.6 Å². The van der Waals surface area contributed by atoms with Gasteiger partial charge in [0.15, 0.2) is 0 Å². The second-order valence-corrected chi connectivity index (χ2v) is 5.69. The Morgan fingerprint density at radius 3 is 2.68 bits per heavy atom. The molecule has 0 saturated carbocycles. The molecule has 0 spiro atoms. The smallest absolute Gasteiger partial charge is 0.127 e. The number of hydrogen-bond donors (Lipinski definition) is 1. The molecule has 1 atom stereocenters. The Morgan fingerprint density at radius 2 is 2.05 bits per heavy atom. The largest absolute Gasteiger partial charge is 0.388 e. The average Bonchev–Trinajstić information content (AvgIpc) is 2.37. The summed E-state index contributed by atoms with van der Waals surface area (Å²) in [6, 6.07) is 10.1. The summed E-state index contributed by atoms with van der Waals surface area (Å²) in [7, 11) is 0. The van der Waals surface area contributed by atoms with E-state index in [9.17, 15) is 9.50 Å². The van der Waals surface area contributed by atoms with Crippen molar-refractivity contribution in [1.29, 1.82) is 0 Å². The van der Waals surface area contributed by atoms with E-state index in [4.69, 9.17) is 11.6 Å². The minimum atomic E-state index is -0.777. The van der Waals surface area contributed by atoms with Crippen LogP contribution in [0.25, 0.3) is 0 Å². The summed E-state index contributed by atoms with van der Waals surface area (Å²) in [6.07, 6.45) is -0.617. The number of rotatable bonds is 3. The molecule has 0 aliphatic rings. The summed E-state index contributed by atoms with van der Waals surface area (Å²) in [4.78, 5) is 0. The van der Waals surface area contributed by atoms with Gasteiger partial charge in [-0.2, -0.15) is 0 Å². The molecule has 0 aromatic heterocycles. The third-order valence-corrected chi connectivity index (χ3v) is 4.27. The maximum absolute atomic E-state index is 13.7. The van der Waals surface area contributed by atoms with E-state index in [1.54, 1.807) is 12.1 Å². The van der Waals surface area contributed by atoms with Crippen LogP contribution in [0.4, 0.5) is 4.39 Å². The van der Waals surface area contributed by atoms with Crippen LogP contribution in [0.3, 0.4) is 0 Å². The van der Waals surface area contributed by atoms with Crippen molar-refractivity contribution in [3.8, 4) is 0 Å². The van der Waals surface area contributed by atoms with Crippen molar-refractivity contribution >= 4 is 27.5 Å². The fraction of sp³-hybridized carbons (Fsp3) is 0.200. The van der Waals surface area contributed by atoms with E-state index in [2.05, 4.69) is 15.9 Å². The molecular formula is C15H13BrClFO. The Bertz CT molecular complexity index is 580. The van der Waals surface area contributed by atoms with Gasteiger partial charge in [0.25, 0.3) is 0 Å². The van der Waals surface area contributed by atoms with Crippen molar-refractivity contribution < 1.29 is 9.50 Å². The number of aliphatic hydroxyl groups is 1. The first-order chi connectivity index (χ1) is 8.99. The summed E-state index contributed by atoms with van der Waals surface area (Å²) >= 11 is 9.36. The Kier molecular flexibility index (Phi) is 4.61. The first-order valence-electron chi connectivity index (χ1n) is 5.86. The maximum Gasteiger partial charge on any atom is 0.127 e. The summed E-state index contributed by atoms with van der Waals surface area (Å²) in [5.41, 5.74) is 2.12. The van der Waals surface area contributed by atoms with Gasteiger partial charge >= 0.3 is 0 Å². The van der Waals surface area contributed by atoms with E-state index in [1.807, 2.05) is 25.1 Å². The summed E-state index contributed by atoms with van der Waals surface area (Å²) in [5.74, 6) is -0.389. The molecule has 0 aliphatic carbocycles. The molecule has 0 amide bonds. The monoisotopic (exact) mass is 342 g/mol. The third kappa shape index (κ3) is 3.35. The quantitative estimate of drug-likeness (QED) is 0.846. The molecule has 2 aromatic carbocycles. The van der Waals surface area contributed by atoms with E-state index in [0.29, 0.717) is 10.6 Å². The summed E-state index contributed by atoms with van der Waals surface area (Å²) in [5, 5.41) is 10.5. The SMILES string of the molecule is Cc1cc(C(O)Cc2c(F)cccc2Cl)ccc1Br. The first-order valence-corrected chi connectivity index (χ1v) is 7.03. The second kappa shape index (κ2) is 6.04. The van der Waals surface area contributed by atoms with E-state index >= 15 is 0 Å². The third-order valence-electron chi connectivity index (χ3n) is 3.03. The van der Waals surface area contributed by atoms with Gasteiger partial charge in [-0.1, -0.05) is 45.7 Å². The minimum absolute atomic E-state index is 0.159. The van der Waals surface area contributed by atoms with Gasteiger partial charge in [-0.05, 0) is 36.2 Å². The maximum atomic E-state index is 13.7. The second-order valence-electron chi connectivity index (χ2n) is 4.43. The minimum Gasteiger partial charge on any atom is -0.388 e. The van der Waals surface area contributed by atoms with Gasteiger partial charge in [0.2, 0.25) is 0 Å². The van der Waals surface area contributed by atoms with Crippen LogP contribution in [0.5, 0.6) is 0 Å². The van der Waals surface area contributed by atoms with Crippen molar-refractivity contribution in [1.82, 2.24) is 0 Å². The number of benzene rings is 2. The molecule has 0 bridgehead atoms. The van der Waals surface area contributed by atoms with E-state index in [-0.39, 0.29) is 12.2 Å². The molecule has 4 heteroatoms. The van der Waals surface area contributed by atoms with Gasteiger partial charge in [-0.25, -0.2) is 4.39 Å². The fourth-order valence-electron chi connectivity index (χ4n) is 1.91. The number of halogens is 3. The van der Waals surface area contributed by atoms with E-state index in [1.165, 1.54) is 6.07 Å². The van der Waals surface area contributed by atoms with Gasteiger partial charge in [0, 0.05) is 21.5 Å². The Morgan fingerprint density at radius 1 is 1.32 bits per heavy atom. The Hall–Kier alpha value is -0.900. The van der Waals surface area contributed by atoms with Crippen molar-refractivity contribution in [2.75, 3.05) is 0 Å². The van der Waals surface area contributed by atoms with Crippen LogP contribution in [0.15, 0.2) is 40.9 Å². The van der Waals surface area contributed by atoms with Crippen LogP contribution in [0.1, 0.15) is 22.8 Å². The topological polar surface area (TPSA) is 20.2 Å². The molecular weight excluding hydrogens is 331 g/mol. The van der Waals surface area contributed by atoms with E-state index < -0.39 is 6.10 Å². The molecule has 0 heterocycles. The number of aliphatic hydroxyl groups excluding tert-OH is 1. The Labute approximate surface area is 125 Å². The van der Waals surface area contributed by atoms with Crippen LogP contribution < -0.4 is 0 Å². The van der Waals surface area contributed by atoms with Crippen LogP contribution in [0, 0.1) is 12.7 Å². The molecule has 2 rings (SSSR count). The number of hydrogen-bond acceptors (Lipinski definition) is 1. The van der Waals surface area contributed by atoms with Crippen molar-refractivity contribution in [2.45, 2.75) is 19.4 Å². The molecule has 0 aliphatic heterocycles. The van der Waals surface area contributed by atoms with Gasteiger partial charge < -0.3 is 5.11 Å². The molecule has 0 fully saturated rings. The zero-order valence-electron chi connectivity index (χ0n) is 10.3. The zero-order chi connectivity index (χ0) is 14.0. The van der Waals surface area contributed by atoms with Gasteiger partial charge in [-0.15, -0.1) is 0 Å². The highest BCUT2D eigenvalue weighted by molar-refractivity contribution is 9.10. The van der Waals surface area contributed by atoms with Gasteiger partial charge in [-0.3, -0.25) is 0 Å². The first kappa shape index (κ1) is 14.5. The molecule has 2 aromatic rings. The molecule has 1 nitrogen and oxygen atoms in total. The highest BCUT2D eigenvalue weighted by Gasteiger charge is 2.14. The predicted molar refractivity (Wildman–Crippen MR) is 79.0 cm³/mol. The van der Waals surface area contributed by atoms with Crippen molar-refractivity contribution in [3.63, 3.8) is 0 Å². The molecule has 19 heavy (non-hydrogen) atoms. The van der Waals surface area contributed by atoms with Crippen LogP contribution >= 0.6 is 27.5 Å². The van der Waals surface area contributed by atoms with Crippen LogP contribution in [0.2, 0.25) is 5.02 Å². The fourth-order valence-corrected chi connectivity index (χ4v) is 2.40. The number of aryl methyl sites for hydroxylation is 1. The van der Waals surface area contributed by atoms with Crippen LogP contribution in [-0.2, 0) is 6.42 Å². The predicted octanol–water partition coefficient (Wildman–Crippen LogP) is 4.83. The standard InChI is InChI=1S/C15H13BrClFO/c1-9-7-10(5-6-12(9)16)15(19)8-11-13(17)3-2-4-14(11)18/h2-7,15,19H,8H2,1H3. The van der Waals surface area contributed by atoms with Gasteiger partial charge in [0.1, 0.15) is 5.82 Å². The summed E-state index contributed by atoms with van der Waals surface area (Å²) in [6.45, 7) is 1.94. The normalized spacial score (nSPS) is 12.5. The molecule has 1 N–H and O–H groups in total. The molecule has 100 valence electrons. The highest BCUT2D eigenvalue weighted by atomic mass is 79.9. The highest BCUT2D eigenvalue weighted by Crippen LogP contribution is 2.27. The van der Waals surface area contributed by atoms with Crippen molar-refractivity contribution in [2.24, 2.45) is 0 Å². The molecule has 0 saturated heterocycles. The Balaban J connectivity index is 2.25. The lowest BCUT2D eigenvalue weighted by Gasteiger charge is -2.14. The average molecular weight is 344 g/mol. The lowest BCUT2D eigenvalue weighted by atomic mass is 10.00. The lowest BCUT2D eigenvalue weighted by Crippen LogP contribution is -2.04. The summed E-state index contributed by atoms with van der Waals surface area (Å²) < 4.78 is 14.6.